The second-order valence-electron chi connectivity index (χ2n) is 16.2. The highest BCUT2D eigenvalue weighted by atomic mass is 19.3. The highest BCUT2D eigenvalue weighted by molar-refractivity contribution is 6.25. The number of halogens is 3. The SMILES string of the molecule is CN1C(=O)C(F)(F)CN(C2CCCC2)c2nc(Nc3ccc(C(=O)NC4CCN(C(=O)CCCNc5cccc6c5C(=O)N(C5CCC(=O)NC5=O)C6=O)CC4)cc3F)ncc21. The first kappa shape index (κ1) is 42.1. The van der Waals surface area contributed by atoms with Crippen molar-refractivity contribution in [2.24, 2.45) is 0 Å². The Labute approximate surface area is 353 Å². The highest BCUT2D eigenvalue weighted by Gasteiger charge is 2.49. The molecule has 5 aliphatic rings. The summed E-state index contributed by atoms with van der Waals surface area (Å²) in [5.41, 5.74) is 0.833. The molecule has 326 valence electrons. The molecular weight excluding hydrogens is 814 g/mol. The molecule has 17 nitrogen and oxygen atoms in total. The van der Waals surface area contributed by atoms with Crippen LogP contribution in [0.25, 0.3) is 0 Å². The fourth-order valence-electron chi connectivity index (χ4n) is 8.81. The summed E-state index contributed by atoms with van der Waals surface area (Å²) in [5.74, 6) is -8.66. The number of benzene rings is 2. The van der Waals surface area contributed by atoms with Gasteiger partial charge in [-0.15, -0.1) is 0 Å². The lowest BCUT2D eigenvalue weighted by Gasteiger charge is -2.32. The predicted molar refractivity (Wildman–Crippen MR) is 218 cm³/mol. The van der Waals surface area contributed by atoms with E-state index in [0.29, 0.717) is 57.4 Å². The zero-order valence-corrected chi connectivity index (χ0v) is 33.8. The number of likely N-dealkylation sites (tertiary alicyclic amines) is 1. The van der Waals surface area contributed by atoms with E-state index in [1.807, 2.05) is 0 Å². The van der Waals surface area contributed by atoms with Gasteiger partial charge in [-0.05, 0) is 68.9 Å². The van der Waals surface area contributed by atoms with Crippen molar-refractivity contribution in [1.29, 1.82) is 0 Å². The van der Waals surface area contributed by atoms with Crippen molar-refractivity contribution in [3.05, 3.63) is 65.1 Å². The zero-order chi connectivity index (χ0) is 43.9. The van der Waals surface area contributed by atoms with Crippen LogP contribution >= 0.6 is 0 Å². The van der Waals surface area contributed by atoms with Crippen LogP contribution in [0.2, 0.25) is 0 Å². The standard InChI is InChI=1S/C42H45F3N10O7/c1-52-31-21-47-41(51-35(31)54(25-6-2-3-7-25)22-42(44,45)40(52)62)49-28-12-11-23(20-27(28)43)36(58)48-24-15-18-53(19-16-24)33(57)10-5-17-46-29-9-4-8-26-34(29)39(61)55(38(26)60)30-13-14-32(56)50-37(30)59/h4,8-9,11-12,20-21,24-25,30,46H,2-3,5-7,10,13-19,22H2,1H3,(H,48,58)(H,47,49,51)(H,50,56,59). The number of anilines is 5. The van der Waals surface area contributed by atoms with Crippen molar-refractivity contribution in [3.63, 3.8) is 0 Å². The number of imide groups is 2. The second-order valence-corrected chi connectivity index (χ2v) is 16.2. The van der Waals surface area contributed by atoms with Crippen molar-refractivity contribution in [1.82, 2.24) is 30.4 Å². The van der Waals surface area contributed by atoms with Gasteiger partial charge in [-0.2, -0.15) is 13.8 Å². The normalized spacial score (nSPS) is 20.5. The second kappa shape index (κ2) is 17.0. The Hall–Kier alpha value is -6.60. The molecule has 2 saturated heterocycles. The van der Waals surface area contributed by atoms with Crippen LogP contribution < -0.4 is 31.1 Å². The maximum atomic E-state index is 15.4. The van der Waals surface area contributed by atoms with Crippen LogP contribution in [0, 0.1) is 5.82 Å². The summed E-state index contributed by atoms with van der Waals surface area (Å²) < 4.78 is 45.3. The highest BCUT2D eigenvalue weighted by Crippen LogP contribution is 2.40. The number of rotatable bonds is 11. The summed E-state index contributed by atoms with van der Waals surface area (Å²) in [6, 6.07) is 7.05. The lowest BCUT2D eigenvalue weighted by Crippen LogP contribution is -2.54. The van der Waals surface area contributed by atoms with E-state index in [1.165, 1.54) is 36.3 Å². The van der Waals surface area contributed by atoms with Gasteiger partial charge in [0.05, 0.1) is 29.6 Å². The Balaban J connectivity index is 0.808. The maximum Gasteiger partial charge on any atom is 0.342 e. The molecule has 1 atom stereocenters. The van der Waals surface area contributed by atoms with Crippen LogP contribution in [0.15, 0.2) is 42.6 Å². The summed E-state index contributed by atoms with van der Waals surface area (Å²) in [7, 11) is 1.25. The Kier molecular flexibility index (Phi) is 11.6. The van der Waals surface area contributed by atoms with Gasteiger partial charge in [-0.25, -0.2) is 9.37 Å². The monoisotopic (exact) mass is 858 g/mol. The molecule has 0 radical (unpaired) electrons. The van der Waals surface area contributed by atoms with Gasteiger partial charge in [-0.3, -0.25) is 43.8 Å². The summed E-state index contributed by atoms with van der Waals surface area (Å²) in [4.78, 5) is 103. The van der Waals surface area contributed by atoms with Crippen molar-refractivity contribution in [2.45, 2.75) is 88.3 Å². The molecule has 62 heavy (non-hydrogen) atoms. The van der Waals surface area contributed by atoms with E-state index in [0.717, 1.165) is 28.7 Å². The van der Waals surface area contributed by atoms with Crippen LogP contribution in [0.3, 0.4) is 0 Å². The van der Waals surface area contributed by atoms with Crippen LogP contribution in [0.4, 0.5) is 42.0 Å². The molecule has 4 aliphatic heterocycles. The van der Waals surface area contributed by atoms with Gasteiger partial charge < -0.3 is 30.7 Å². The van der Waals surface area contributed by atoms with E-state index in [1.54, 1.807) is 17.0 Å². The number of fused-ring (bicyclic) bond motifs is 2. The van der Waals surface area contributed by atoms with Gasteiger partial charge in [-0.1, -0.05) is 18.9 Å². The van der Waals surface area contributed by atoms with Gasteiger partial charge in [0.15, 0.2) is 5.82 Å². The molecule has 4 N–H and O–H groups in total. The molecule has 1 unspecified atom stereocenters. The quantitative estimate of drug-likeness (QED) is 0.161. The number of carbonyl (C=O) groups is 7. The maximum absolute atomic E-state index is 15.4. The largest absolute Gasteiger partial charge is 0.384 e. The molecule has 5 heterocycles. The van der Waals surface area contributed by atoms with Gasteiger partial charge in [0, 0.05) is 62.9 Å². The number of nitrogens with zero attached hydrogens (tertiary/aromatic N) is 6. The average molecular weight is 859 g/mol. The summed E-state index contributed by atoms with van der Waals surface area (Å²) in [6.07, 6.45) is 5.97. The molecule has 7 amide bonds. The molecule has 20 heteroatoms. The Bertz CT molecular complexity index is 2350. The van der Waals surface area contributed by atoms with Gasteiger partial charge >= 0.3 is 5.92 Å². The average Bonchev–Trinajstić information content (AvgIpc) is 3.87. The van der Waals surface area contributed by atoms with Crippen LogP contribution in [-0.4, -0.2) is 118 Å². The fourth-order valence-corrected chi connectivity index (χ4v) is 8.81. The third-order valence-electron chi connectivity index (χ3n) is 12.1. The smallest absolute Gasteiger partial charge is 0.342 e. The minimum Gasteiger partial charge on any atom is -0.384 e. The van der Waals surface area contributed by atoms with Gasteiger partial charge in [0.2, 0.25) is 23.7 Å². The molecule has 8 rings (SSSR count). The lowest BCUT2D eigenvalue weighted by molar-refractivity contribution is -0.140. The molecule has 0 spiro atoms. The molecule has 1 aromatic heterocycles. The minimum atomic E-state index is -3.64. The topological polar surface area (TPSA) is 206 Å². The lowest BCUT2D eigenvalue weighted by atomic mass is 10.0. The van der Waals surface area contributed by atoms with Crippen molar-refractivity contribution in [2.75, 3.05) is 53.7 Å². The Morgan fingerprint density at radius 2 is 1.71 bits per heavy atom. The zero-order valence-electron chi connectivity index (χ0n) is 33.8. The van der Waals surface area contributed by atoms with E-state index in [-0.39, 0.29) is 77.1 Å². The van der Waals surface area contributed by atoms with Crippen molar-refractivity contribution < 1.29 is 46.7 Å². The van der Waals surface area contributed by atoms with Crippen molar-refractivity contribution >= 4 is 70.2 Å². The van der Waals surface area contributed by atoms with Crippen LogP contribution in [0.5, 0.6) is 0 Å². The van der Waals surface area contributed by atoms with Crippen LogP contribution in [0.1, 0.15) is 95.3 Å². The minimum absolute atomic E-state index is 0.0161. The molecule has 1 saturated carbocycles. The molecule has 1 aliphatic carbocycles. The molecule has 3 aromatic rings. The number of hydrogen-bond acceptors (Lipinski definition) is 12. The molecule has 3 fully saturated rings. The Morgan fingerprint density at radius 1 is 0.952 bits per heavy atom. The fraction of sp³-hybridized carbons (Fsp3) is 0.452. The molecule has 2 aromatic carbocycles. The molecule has 0 bridgehead atoms. The van der Waals surface area contributed by atoms with E-state index >= 15 is 4.39 Å². The third kappa shape index (κ3) is 8.24. The van der Waals surface area contributed by atoms with Crippen LogP contribution in [-0.2, 0) is 19.2 Å². The number of amides is 7. The van der Waals surface area contributed by atoms with E-state index in [9.17, 15) is 42.3 Å². The first-order valence-corrected chi connectivity index (χ1v) is 20.7. The number of alkyl halides is 2. The first-order valence-electron chi connectivity index (χ1n) is 20.7. The third-order valence-corrected chi connectivity index (χ3v) is 12.1. The predicted octanol–water partition coefficient (Wildman–Crippen LogP) is 3.73. The van der Waals surface area contributed by atoms with E-state index in [4.69, 9.17) is 0 Å². The number of piperidine rings is 2. The summed E-state index contributed by atoms with van der Waals surface area (Å²) in [5, 5.41) is 11.0. The van der Waals surface area contributed by atoms with Crippen molar-refractivity contribution in [3.8, 4) is 0 Å². The first-order chi connectivity index (χ1) is 29.7. The number of hydrogen-bond donors (Lipinski definition) is 4. The Morgan fingerprint density at radius 3 is 2.44 bits per heavy atom. The van der Waals surface area contributed by atoms with Gasteiger partial charge in [0.25, 0.3) is 23.6 Å². The number of aromatic nitrogens is 2. The number of carbonyl (C=O) groups excluding carboxylic acids is 7. The number of nitrogens with one attached hydrogen (secondary N) is 4. The van der Waals surface area contributed by atoms with E-state index < -0.39 is 59.8 Å². The van der Waals surface area contributed by atoms with E-state index in [2.05, 4.69) is 31.2 Å². The summed E-state index contributed by atoms with van der Waals surface area (Å²) >= 11 is 0. The van der Waals surface area contributed by atoms with Gasteiger partial charge in [0.1, 0.15) is 17.5 Å². The summed E-state index contributed by atoms with van der Waals surface area (Å²) in [6.45, 7) is 0.281. The molecular formula is C42H45F3N10O7.